The van der Waals surface area contributed by atoms with Gasteiger partial charge in [0.2, 0.25) is 0 Å². The van der Waals surface area contributed by atoms with Gasteiger partial charge in [0.15, 0.2) is 23.0 Å². The topological polar surface area (TPSA) is 152 Å². The van der Waals surface area contributed by atoms with Crippen LogP contribution in [0.5, 0.6) is 23.0 Å². The van der Waals surface area contributed by atoms with E-state index in [9.17, 15) is 19.6 Å². The molecule has 0 saturated heterocycles. The van der Waals surface area contributed by atoms with Gasteiger partial charge in [-0.2, -0.15) is 10.4 Å². The van der Waals surface area contributed by atoms with Gasteiger partial charge in [-0.15, -0.1) is 0 Å². The maximum Gasteiger partial charge on any atom is 0.343 e. The number of amides is 1. The molecular weight excluding hydrogens is 624 g/mol. The van der Waals surface area contributed by atoms with E-state index < -0.39 is 17.8 Å². The Labute approximate surface area is 274 Å². The highest BCUT2D eigenvalue weighted by atomic mass is 35.5. The minimum absolute atomic E-state index is 0.150. The van der Waals surface area contributed by atoms with Crippen LogP contribution < -0.4 is 24.4 Å². The number of methoxy groups -OCH3 is 1. The number of benzene rings is 4. The Morgan fingerprint density at radius 2 is 1.72 bits per heavy atom. The van der Waals surface area contributed by atoms with Crippen LogP contribution in [0.4, 0.5) is 0 Å². The number of carbonyl (C=O) groups is 3. The van der Waals surface area contributed by atoms with E-state index in [0.717, 1.165) is 0 Å². The predicted molar refractivity (Wildman–Crippen MR) is 175 cm³/mol. The molecule has 4 aromatic carbocycles. The normalized spacial score (nSPS) is 10.8. The fourth-order valence-electron chi connectivity index (χ4n) is 4.80. The number of esters is 2. The molecule has 0 radical (unpaired) electrons. The molecule has 2 N–H and O–H groups in total. The van der Waals surface area contributed by atoms with Crippen LogP contribution in [0.3, 0.4) is 0 Å². The van der Waals surface area contributed by atoms with Crippen LogP contribution in [0.1, 0.15) is 45.8 Å². The third-order valence-corrected chi connectivity index (χ3v) is 7.16. The number of ether oxygens (including phenoxy) is 4. The largest absolute Gasteiger partial charge is 0.493 e. The SMILES string of the molecule is CCOc1cc(C=NNC(=O)c2[nH]c3c(C#N)cccc3c2-c2ccccc2Cl)ccc1OC(=O)c1ccc(OC(C)=O)c(OC)c1. The Kier molecular flexibility index (Phi) is 9.84. The lowest BCUT2D eigenvalue weighted by Crippen LogP contribution is -2.19. The number of carbonyl (C=O) groups excluding carboxylic acids is 3. The molecule has 1 amide bonds. The zero-order valence-electron chi connectivity index (χ0n) is 25.4. The highest BCUT2D eigenvalue weighted by molar-refractivity contribution is 6.34. The number of hydrogen-bond acceptors (Lipinski definition) is 9. The number of nitrogens with one attached hydrogen (secondary N) is 2. The second kappa shape index (κ2) is 14.3. The second-order valence-electron chi connectivity index (χ2n) is 9.88. The summed E-state index contributed by atoms with van der Waals surface area (Å²) in [6.45, 7) is 3.31. The number of rotatable bonds is 10. The minimum atomic E-state index is -0.695. The first-order valence-electron chi connectivity index (χ1n) is 14.2. The van der Waals surface area contributed by atoms with Crippen molar-refractivity contribution in [3.8, 4) is 40.2 Å². The van der Waals surface area contributed by atoms with Gasteiger partial charge in [-0.3, -0.25) is 9.59 Å². The van der Waals surface area contributed by atoms with Crippen LogP contribution in [0.25, 0.3) is 22.0 Å². The number of hydrazone groups is 1. The Morgan fingerprint density at radius 1 is 0.957 bits per heavy atom. The zero-order valence-corrected chi connectivity index (χ0v) is 26.2. The number of nitriles is 1. The zero-order chi connectivity index (χ0) is 33.5. The number of nitrogens with zero attached hydrogens (tertiary/aromatic N) is 2. The van der Waals surface area contributed by atoms with E-state index in [1.54, 1.807) is 49.4 Å². The first kappa shape index (κ1) is 32.3. The number of hydrogen-bond donors (Lipinski definition) is 2. The molecule has 5 aromatic rings. The van der Waals surface area contributed by atoms with Gasteiger partial charge < -0.3 is 23.9 Å². The lowest BCUT2D eigenvalue weighted by atomic mass is 10.0. The summed E-state index contributed by atoms with van der Waals surface area (Å²) < 4.78 is 21.6. The summed E-state index contributed by atoms with van der Waals surface area (Å²) in [7, 11) is 1.38. The van der Waals surface area contributed by atoms with Gasteiger partial charge in [0.25, 0.3) is 5.91 Å². The molecule has 236 valence electrons. The molecule has 47 heavy (non-hydrogen) atoms. The minimum Gasteiger partial charge on any atom is -0.493 e. The fraction of sp³-hybridized carbons (Fsp3) is 0.114. The van der Waals surface area contributed by atoms with Crippen molar-refractivity contribution in [2.75, 3.05) is 13.7 Å². The molecule has 1 aromatic heterocycles. The van der Waals surface area contributed by atoms with Crippen LogP contribution in [0.2, 0.25) is 5.02 Å². The third kappa shape index (κ3) is 7.08. The van der Waals surface area contributed by atoms with Crippen molar-refractivity contribution in [2.24, 2.45) is 5.10 Å². The van der Waals surface area contributed by atoms with Gasteiger partial charge in [0.1, 0.15) is 11.8 Å². The van der Waals surface area contributed by atoms with E-state index in [-0.39, 0.29) is 40.9 Å². The van der Waals surface area contributed by atoms with Gasteiger partial charge >= 0.3 is 11.9 Å². The fourth-order valence-corrected chi connectivity index (χ4v) is 5.03. The summed E-state index contributed by atoms with van der Waals surface area (Å²) in [4.78, 5) is 40.8. The molecule has 0 bridgehead atoms. The van der Waals surface area contributed by atoms with E-state index in [1.165, 1.54) is 44.5 Å². The molecule has 0 aliphatic heterocycles. The van der Waals surface area contributed by atoms with Crippen molar-refractivity contribution in [1.29, 1.82) is 5.26 Å². The summed E-state index contributed by atoms with van der Waals surface area (Å²) >= 11 is 6.50. The van der Waals surface area contributed by atoms with E-state index >= 15 is 0 Å². The Bertz CT molecular complexity index is 2080. The summed E-state index contributed by atoms with van der Waals surface area (Å²) in [6, 6.07) is 23.5. The molecule has 0 fully saturated rings. The van der Waals surface area contributed by atoms with Crippen molar-refractivity contribution >= 4 is 46.6 Å². The molecule has 1 heterocycles. The number of H-pyrrole nitrogens is 1. The van der Waals surface area contributed by atoms with Crippen LogP contribution in [-0.2, 0) is 4.79 Å². The van der Waals surface area contributed by atoms with Crippen LogP contribution in [0.15, 0.2) is 84.0 Å². The molecular formula is C35H27ClN4O7. The van der Waals surface area contributed by atoms with E-state index in [2.05, 4.69) is 21.6 Å². The standard InChI is InChI=1S/C35H27ClN4O7/c1-4-45-30-16-21(12-14-28(30)47-35(43)22-13-15-27(46-20(2)41)29(17-22)44-3)19-38-40-34(42)33-31(24-9-5-6-11-26(24)36)25-10-7-8-23(18-37)32(25)39-33/h5-17,19,39H,4H2,1-3H3,(H,40,42). The second-order valence-corrected chi connectivity index (χ2v) is 10.3. The van der Waals surface area contributed by atoms with Crippen LogP contribution in [0, 0.1) is 11.3 Å². The van der Waals surface area contributed by atoms with Crippen molar-refractivity contribution < 1.29 is 33.3 Å². The van der Waals surface area contributed by atoms with E-state index in [0.29, 0.717) is 38.2 Å². The van der Waals surface area contributed by atoms with Gasteiger partial charge in [0.05, 0.1) is 36.6 Å². The van der Waals surface area contributed by atoms with Gasteiger partial charge in [-0.1, -0.05) is 41.9 Å². The maximum atomic E-state index is 13.4. The lowest BCUT2D eigenvalue weighted by Gasteiger charge is -2.13. The number of aromatic nitrogens is 1. The van der Waals surface area contributed by atoms with Crippen molar-refractivity contribution in [2.45, 2.75) is 13.8 Å². The number of aromatic amines is 1. The molecule has 0 spiro atoms. The number of halogens is 1. The average Bonchev–Trinajstić information content (AvgIpc) is 3.46. The van der Waals surface area contributed by atoms with Crippen molar-refractivity contribution in [3.05, 3.63) is 106 Å². The Balaban J connectivity index is 1.37. The molecule has 12 heteroatoms. The molecule has 0 aliphatic rings. The molecule has 0 atom stereocenters. The Hall–Kier alpha value is -6.12. The molecule has 0 aliphatic carbocycles. The smallest absolute Gasteiger partial charge is 0.343 e. The van der Waals surface area contributed by atoms with Crippen LogP contribution >= 0.6 is 11.6 Å². The molecule has 5 rings (SSSR count). The highest BCUT2D eigenvalue weighted by Gasteiger charge is 2.22. The Morgan fingerprint density at radius 3 is 2.45 bits per heavy atom. The maximum absolute atomic E-state index is 13.4. The van der Waals surface area contributed by atoms with Gasteiger partial charge in [-0.25, -0.2) is 10.2 Å². The lowest BCUT2D eigenvalue weighted by molar-refractivity contribution is -0.132. The first-order valence-corrected chi connectivity index (χ1v) is 14.6. The number of para-hydroxylation sites is 1. The van der Waals surface area contributed by atoms with Gasteiger partial charge in [0, 0.05) is 28.5 Å². The first-order chi connectivity index (χ1) is 22.7. The predicted octanol–water partition coefficient (Wildman–Crippen LogP) is 6.68. The number of fused-ring (bicyclic) bond motifs is 1. The molecule has 0 saturated carbocycles. The van der Waals surface area contributed by atoms with E-state index in [1.807, 2.05) is 12.1 Å². The monoisotopic (exact) mass is 650 g/mol. The van der Waals surface area contributed by atoms with Crippen molar-refractivity contribution in [1.82, 2.24) is 10.4 Å². The quantitative estimate of drug-likeness (QED) is 0.0735. The van der Waals surface area contributed by atoms with Crippen molar-refractivity contribution in [3.63, 3.8) is 0 Å². The summed E-state index contributed by atoms with van der Waals surface area (Å²) in [5.41, 5.74) is 5.44. The average molecular weight is 651 g/mol. The highest BCUT2D eigenvalue weighted by Crippen LogP contribution is 2.38. The molecule has 0 unspecified atom stereocenters. The summed E-state index contributed by atoms with van der Waals surface area (Å²) in [5.74, 6) is -1.01. The van der Waals surface area contributed by atoms with Gasteiger partial charge in [-0.05, 0) is 61.0 Å². The van der Waals surface area contributed by atoms with Crippen LogP contribution in [-0.4, -0.2) is 42.8 Å². The summed E-state index contributed by atoms with van der Waals surface area (Å²) in [6.07, 6.45) is 1.41. The molecule has 11 nitrogen and oxygen atoms in total. The summed E-state index contributed by atoms with van der Waals surface area (Å²) in [5, 5.41) is 14.9. The van der Waals surface area contributed by atoms with E-state index in [4.69, 9.17) is 30.5 Å². The third-order valence-electron chi connectivity index (χ3n) is 6.83.